The SMILES string of the molecule is CC[C@@H](C)NC(=O)[C@@H](C)N(Cc1ccc(OC)cc1)C(=O)CN(c1ccc(C)cc1C)S(=O)(=O)c1ccccc1. The van der Waals surface area contributed by atoms with Gasteiger partial charge in [0.05, 0.1) is 17.7 Å². The number of carbonyl (C=O) groups excluding carboxylic acids is 2. The van der Waals surface area contributed by atoms with Crippen LogP contribution in [0.15, 0.2) is 77.7 Å². The molecule has 0 bridgehead atoms. The summed E-state index contributed by atoms with van der Waals surface area (Å²) < 4.78 is 34.2. The molecular weight excluding hydrogens is 526 g/mol. The molecule has 2 amide bonds. The average Bonchev–Trinajstić information content (AvgIpc) is 2.95. The molecule has 0 saturated heterocycles. The Morgan fingerprint density at radius 3 is 2.17 bits per heavy atom. The van der Waals surface area contributed by atoms with Crippen molar-refractivity contribution < 1.29 is 22.7 Å². The average molecular weight is 566 g/mol. The second-order valence-corrected chi connectivity index (χ2v) is 11.8. The quantitative estimate of drug-likeness (QED) is 0.339. The lowest BCUT2D eigenvalue weighted by Gasteiger charge is -2.33. The van der Waals surface area contributed by atoms with Crippen molar-refractivity contribution in [1.29, 1.82) is 0 Å². The zero-order chi connectivity index (χ0) is 29.4. The van der Waals surface area contributed by atoms with Gasteiger partial charge < -0.3 is 15.0 Å². The fourth-order valence-electron chi connectivity index (χ4n) is 4.29. The lowest BCUT2D eigenvalue weighted by molar-refractivity contribution is -0.139. The van der Waals surface area contributed by atoms with E-state index in [1.54, 1.807) is 50.4 Å². The maximum atomic E-state index is 14.0. The van der Waals surface area contributed by atoms with Gasteiger partial charge in [0.15, 0.2) is 0 Å². The van der Waals surface area contributed by atoms with Crippen LogP contribution in [-0.2, 0) is 26.2 Å². The van der Waals surface area contributed by atoms with Gasteiger partial charge in [0.2, 0.25) is 11.8 Å². The fraction of sp³-hybridized carbons (Fsp3) is 0.355. The van der Waals surface area contributed by atoms with Crippen molar-refractivity contribution >= 4 is 27.5 Å². The largest absolute Gasteiger partial charge is 0.497 e. The fourth-order valence-corrected chi connectivity index (χ4v) is 5.79. The third-order valence-corrected chi connectivity index (χ3v) is 8.69. The minimum absolute atomic E-state index is 0.0712. The van der Waals surface area contributed by atoms with E-state index in [1.807, 2.05) is 52.0 Å². The van der Waals surface area contributed by atoms with Crippen LogP contribution in [0.2, 0.25) is 0 Å². The van der Waals surface area contributed by atoms with Gasteiger partial charge in [0.25, 0.3) is 10.0 Å². The van der Waals surface area contributed by atoms with Gasteiger partial charge in [0.1, 0.15) is 18.3 Å². The number of benzene rings is 3. The van der Waals surface area contributed by atoms with Crippen LogP contribution in [0.1, 0.15) is 43.9 Å². The Kier molecular flexibility index (Phi) is 10.3. The number of aryl methyl sites for hydroxylation is 2. The number of nitrogens with one attached hydrogen (secondary N) is 1. The molecule has 2 atom stereocenters. The van der Waals surface area contributed by atoms with Crippen LogP contribution in [0.5, 0.6) is 5.75 Å². The van der Waals surface area contributed by atoms with Crippen LogP contribution < -0.4 is 14.4 Å². The third kappa shape index (κ3) is 7.41. The van der Waals surface area contributed by atoms with Crippen molar-refractivity contribution in [2.75, 3.05) is 18.0 Å². The van der Waals surface area contributed by atoms with Crippen molar-refractivity contribution in [3.05, 3.63) is 89.5 Å². The van der Waals surface area contributed by atoms with Crippen LogP contribution in [0.25, 0.3) is 0 Å². The van der Waals surface area contributed by atoms with Crippen LogP contribution in [0.3, 0.4) is 0 Å². The number of amides is 2. The number of methoxy groups -OCH3 is 1. The van der Waals surface area contributed by atoms with E-state index in [9.17, 15) is 18.0 Å². The number of nitrogens with zero attached hydrogens (tertiary/aromatic N) is 2. The predicted molar refractivity (Wildman–Crippen MR) is 158 cm³/mol. The van der Waals surface area contributed by atoms with Gasteiger partial charge in [-0.15, -0.1) is 0 Å². The molecule has 0 radical (unpaired) electrons. The normalized spacial score (nSPS) is 12.8. The minimum Gasteiger partial charge on any atom is -0.497 e. The Hall–Kier alpha value is -3.85. The Morgan fingerprint density at radius 2 is 1.60 bits per heavy atom. The molecule has 0 aliphatic rings. The summed E-state index contributed by atoms with van der Waals surface area (Å²) in [5.41, 5.74) is 2.88. The summed E-state index contributed by atoms with van der Waals surface area (Å²) in [6.07, 6.45) is 0.737. The number of anilines is 1. The molecule has 0 unspecified atom stereocenters. The summed E-state index contributed by atoms with van der Waals surface area (Å²) >= 11 is 0. The summed E-state index contributed by atoms with van der Waals surface area (Å²) in [6, 6.07) is 19.7. The summed E-state index contributed by atoms with van der Waals surface area (Å²) in [5.74, 6) is -0.138. The number of carbonyl (C=O) groups is 2. The smallest absolute Gasteiger partial charge is 0.264 e. The van der Waals surface area contributed by atoms with E-state index >= 15 is 0 Å². The van der Waals surface area contributed by atoms with E-state index in [0.29, 0.717) is 11.4 Å². The zero-order valence-corrected chi connectivity index (χ0v) is 24.9. The van der Waals surface area contributed by atoms with Gasteiger partial charge in [-0.05, 0) is 75.6 Å². The monoisotopic (exact) mass is 565 g/mol. The Balaban J connectivity index is 2.04. The van der Waals surface area contributed by atoms with Crippen LogP contribution in [0.4, 0.5) is 5.69 Å². The Labute approximate surface area is 238 Å². The summed E-state index contributed by atoms with van der Waals surface area (Å²) in [4.78, 5) is 28.7. The van der Waals surface area contributed by atoms with Crippen LogP contribution in [-0.4, -0.2) is 50.9 Å². The topological polar surface area (TPSA) is 96.0 Å². The second-order valence-electron chi connectivity index (χ2n) is 9.98. The first-order chi connectivity index (χ1) is 19.0. The van der Waals surface area contributed by atoms with Gasteiger partial charge in [-0.1, -0.05) is 55.0 Å². The Morgan fingerprint density at radius 1 is 0.950 bits per heavy atom. The number of ether oxygens (including phenoxy) is 1. The number of rotatable bonds is 12. The van der Waals surface area contributed by atoms with E-state index in [0.717, 1.165) is 27.4 Å². The van der Waals surface area contributed by atoms with Gasteiger partial charge in [-0.2, -0.15) is 0 Å². The molecule has 0 aliphatic heterocycles. The molecule has 3 aromatic carbocycles. The first kappa shape index (κ1) is 30.7. The molecular formula is C31H39N3O5S. The van der Waals surface area contributed by atoms with E-state index in [2.05, 4.69) is 5.32 Å². The van der Waals surface area contributed by atoms with E-state index in [4.69, 9.17) is 4.74 Å². The minimum atomic E-state index is -4.10. The lowest BCUT2D eigenvalue weighted by Crippen LogP contribution is -2.52. The number of hydrogen-bond acceptors (Lipinski definition) is 5. The van der Waals surface area contributed by atoms with Crippen molar-refractivity contribution in [2.24, 2.45) is 0 Å². The molecule has 0 aromatic heterocycles. The highest BCUT2D eigenvalue weighted by atomic mass is 32.2. The zero-order valence-electron chi connectivity index (χ0n) is 24.0. The molecule has 0 heterocycles. The number of sulfonamides is 1. The van der Waals surface area contributed by atoms with E-state index in [-0.39, 0.29) is 23.4 Å². The predicted octanol–water partition coefficient (Wildman–Crippen LogP) is 4.84. The highest BCUT2D eigenvalue weighted by Crippen LogP contribution is 2.28. The molecule has 3 aromatic rings. The maximum absolute atomic E-state index is 14.0. The molecule has 3 rings (SSSR count). The number of hydrogen-bond donors (Lipinski definition) is 1. The van der Waals surface area contributed by atoms with Crippen molar-refractivity contribution in [3.8, 4) is 5.75 Å². The summed E-state index contributed by atoms with van der Waals surface area (Å²) in [5, 5.41) is 2.94. The first-order valence-corrected chi connectivity index (χ1v) is 14.8. The van der Waals surface area contributed by atoms with Gasteiger partial charge in [-0.25, -0.2) is 8.42 Å². The standard InChI is InChI=1S/C31H39N3O5S/c1-7-24(4)32-31(36)25(5)33(20-26-14-16-27(39-6)17-15-26)30(35)21-34(29-18-13-22(2)19-23(29)3)40(37,38)28-11-9-8-10-12-28/h8-19,24-25H,7,20-21H2,1-6H3,(H,32,36)/t24-,25-/m1/s1. The molecule has 1 N–H and O–H groups in total. The van der Waals surface area contributed by atoms with Gasteiger partial charge >= 0.3 is 0 Å². The first-order valence-electron chi connectivity index (χ1n) is 13.4. The van der Waals surface area contributed by atoms with E-state index in [1.165, 1.54) is 17.0 Å². The summed E-state index contributed by atoms with van der Waals surface area (Å²) in [6.45, 7) is 8.90. The molecule has 0 saturated carbocycles. The summed E-state index contributed by atoms with van der Waals surface area (Å²) in [7, 11) is -2.53. The highest BCUT2D eigenvalue weighted by molar-refractivity contribution is 7.92. The highest BCUT2D eigenvalue weighted by Gasteiger charge is 2.33. The molecule has 0 fully saturated rings. The van der Waals surface area contributed by atoms with Crippen LogP contribution in [0, 0.1) is 13.8 Å². The Bertz CT molecular complexity index is 1410. The van der Waals surface area contributed by atoms with Crippen molar-refractivity contribution in [2.45, 2.75) is 64.6 Å². The maximum Gasteiger partial charge on any atom is 0.264 e. The van der Waals surface area contributed by atoms with Crippen LogP contribution >= 0.6 is 0 Å². The molecule has 9 heteroatoms. The van der Waals surface area contributed by atoms with Gasteiger partial charge in [-0.3, -0.25) is 13.9 Å². The van der Waals surface area contributed by atoms with Crippen molar-refractivity contribution in [3.63, 3.8) is 0 Å². The molecule has 0 aliphatic carbocycles. The second kappa shape index (κ2) is 13.5. The lowest BCUT2D eigenvalue weighted by atomic mass is 10.1. The molecule has 8 nitrogen and oxygen atoms in total. The molecule has 0 spiro atoms. The molecule has 40 heavy (non-hydrogen) atoms. The molecule has 214 valence electrons. The van der Waals surface area contributed by atoms with Crippen molar-refractivity contribution in [1.82, 2.24) is 10.2 Å². The third-order valence-electron chi connectivity index (χ3n) is 6.91. The van der Waals surface area contributed by atoms with Gasteiger partial charge in [0, 0.05) is 12.6 Å². The van der Waals surface area contributed by atoms with E-state index < -0.39 is 28.5 Å².